The van der Waals surface area contributed by atoms with Crippen molar-refractivity contribution in [1.29, 1.82) is 0 Å². The molecule has 0 rings (SSSR count). The van der Waals surface area contributed by atoms with Crippen molar-refractivity contribution in [3.63, 3.8) is 0 Å². The van der Waals surface area contributed by atoms with Crippen LogP contribution in [0.15, 0.2) is 0 Å². The highest BCUT2D eigenvalue weighted by molar-refractivity contribution is 5.95. The lowest BCUT2D eigenvalue weighted by molar-refractivity contribution is -0.416. The van der Waals surface area contributed by atoms with Gasteiger partial charge in [0.15, 0.2) is 0 Å². The normalized spacial score (nSPS) is 15.0. The van der Waals surface area contributed by atoms with Gasteiger partial charge in [-0.05, 0) is 0 Å². The van der Waals surface area contributed by atoms with Crippen molar-refractivity contribution < 1.29 is 57.9 Å². The van der Waals surface area contributed by atoms with Crippen LogP contribution >= 0.6 is 0 Å². The van der Waals surface area contributed by atoms with Crippen LogP contribution in [0.3, 0.4) is 0 Å². The molecule has 0 aliphatic carbocycles. The fourth-order valence-electron chi connectivity index (χ4n) is 0.951. The highest BCUT2D eigenvalue weighted by atomic mass is 19.4. The van der Waals surface area contributed by atoms with Crippen molar-refractivity contribution in [1.82, 2.24) is 0 Å². The number of alkyl halides is 11. The van der Waals surface area contributed by atoms with Crippen LogP contribution < -0.4 is 0 Å². The highest BCUT2D eigenvalue weighted by Gasteiger charge is 2.88. The van der Waals surface area contributed by atoms with Crippen LogP contribution in [-0.2, 0) is 9.59 Å². The first kappa shape index (κ1) is 19.6. The molecule has 0 heterocycles. The van der Waals surface area contributed by atoms with Gasteiger partial charge in [0, 0.05) is 0 Å². The first-order valence-corrected chi connectivity index (χ1v) is 4.53. The summed E-state index contributed by atoms with van der Waals surface area (Å²) in [7, 11) is 0. The van der Waals surface area contributed by atoms with Gasteiger partial charge in [-0.15, -0.1) is 0 Å². The quantitative estimate of drug-likeness (QED) is 0.423. The van der Waals surface area contributed by atoms with Gasteiger partial charge in [-0.2, -0.15) is 48.3 Å². The molecule has 21 heavy (non-hydrogen) atoms. The lowest BCUT2D eigenvalue weighted by Gasteiger charge is -2.36. The maximum atomic E-state index is 12.8. The molecule has 0 aromatic heterocycles. The minimum Gasteiger partial charge on any atom is -0.303 e. The van der Waals surface area contributed by atoms with E-state index in [9.17, 15) is 57.9 Å². The third-order valence-corrected chi connectivity index (χ3v) is 2.16. The summed E-state index contributed by atoms with van der Waals surface area (Å²) in [6.07, 6.45) is -10.1. The number of Topliss-reactive ketones (excluding diaryl/α,β-unsaturated/α-hetero) is 1. The zero-order valence-electron chi connectivity index (χ0n) is 9.26. The fraction of sp³-hybridized carbons (Fsp3) is 0.750. The second kappa shape index (κ2) is 5.09. The van der Waals surface area contributed by atoms with E-state index in [0.29, 0.717) is 0 Å². The Kier molecular flexibility index (Phi) is 4.74. The number of carbonyl (C=O) groups is 2. The number of halogens is 11. The van der Waals surface area contributed by atoms with Crippen LogP contribution in [-0.4, -0.2) is 41.9 Å². The summed E-state index contributed by atoms with van der Waals surface area (Å²) >= 11 is 0. The summed E-state index contributed by atoms with van der Waals surface area (Å²) in [5, 5.41) is 0. The predicted molar refractivity (Wildman–Crippen MR) is 41.5 cm³/mol. The van der Waals surface area contributed by atoms with Crippen molar-refractivity contribution in [3.05, 3.63) is 0 Å². The average Bonchev–Trinajstić information content (AvgIpc) is 2.26. The lowest BCUT2D eigenvalue weighted by Crippen LogP contribution is -2.68. The second-order valence-corrected chi connectivity index (χ2v) is 3.59. The second-order valence-electron chi connectivity index (χ2n) is 3.59. The van der Waals surface area contributed by atoms with E-state index in [4.69, 9.17) is 0 Å². The van der Waals surface area contributed by atoms with Gasteiger partial charge in [-0.1, -0.05) is 0 Å². The Morgan fingerprint density at radius 1 is 0.714 bits per heavy atom. The predicted octanol–water partition coefficient (Wildman–Crippen LogP) is 3.25. The molecule has 0 aromatic rings. The summed E-state index contributed by atoms with van der Waals surface area (Å²) in [5.41, 5.74) is 0. The van der Waals surface area contributed by atoms with Crippen LogP contribution in [0.25, 0.3) is 0 Å². The van der Waals surface area contributed by atoms with Gasteiger partial charge in [0.1, 0.15) is 6.29 Å². The molecule has 13 heteroatoms. The molecule has 0 spiro atoms. The van der Waals surface area contributed by atoms with E-state index in [1.54, 1.807) is 0 Å². The Bertz CT molecular complexity index is 422. The Morgan fingerprint density at radius 3 is 1.38 bits per heavy atom. The van der Waals surface area contributed by atoms with Crippen LogP contribution in [0, 0.1) is 0 Å². The molecule has 124 valence electrons. The monoisotopic (exact) mass is 340 g/mol. The molecule has 0 saturated carbocycles. The molecule has 0 radical (unpaired) electrons. The lowest BCUT2D eigenvalue weighted by atomic mass is 9.94. The van der Waals surface area contributed by atoms with Crippen molar-refractivity contribution in [3.8, 4) is 0 Å². The van der Waals surface area contributed by atoms with Crippen LogP contribution in [0.1, 0.15) is 6.42 Å². The highest BCUT2D eigenvalue weighted by Crippen LogP contribution is 2.57. The van der Waals surface area contributed by atoms with Gasteiger partial charge >= 0.3 is 29.9 Å². The molecule has 0 N–H and O–H groups in total. The summed E-state index contributed by atoms with van der Waals surface area (Å²) in [4.78, 5) is 20.1. The van der Waals surface area contributed by atoms with E-state index < -0.39 is 48.4 Å². The van der Waals surface area contributed by atoms with Gasteiger partial charge in [0.25, 0.3) is 0 Å². The Balaban J connectivity index is 6.00. The molecule has 0 fully saturated rings. The summed E-state index contributed by atoms with van der Waals surface area (Å²) in [5.74, 6) is -32.4. The first-order valence-electron chi connectivity index (χ1n) is 4.53. The molecule has 0 aliphatic rings. The van der Waals surface area contributed by atoms with Gasteiger partial charge in [0.2, 0.25) is 5.78 Å². The molecule has 0 bridgehead atoms. The topological polar surface area (TPSA) is 34.1 Å². The zero-order valence-corrected chi connectivity index (χ0v) is 9.26. The van der Waals surface area contributed by atoms with E-state index in [1.165, 1.54) is 0 Å². The van der Waals surface area contributed by atoms with Crippen LogP contribution in [0.4, 0.5) is 48.3 Å². The molecule has 0 atom stereocenters. The van der Waals surface area contributed by atoms with Crippen molar-refractivity contribution in [2.24, 2.45) is 0 Å². The van der Waals surface area contributed by atoms with E-state index in [0.717, 1.165) is 0 Å². The van der Waals surface area contributed by atoms with Gasteiger partial charge in [0.05, 0.1) is 6.42 Å². The summed E-state index contributed by atoms with van der Waals surface area (Å²) in [6.45, 7) is 0. The zero-order chi connectivity index (χ0) is 17.5. The molecule has 0 amide bonds. The molecular weight excluding hydrogens is 337 g/mol. The number of hydrogen-bond donors (Lipinski definition) is 0. The van der Waals surface area contributed by atoms with Crippen molar-refractivity contribution in [2.75, 3.05) is 0 Å². The molecule has 0 aliphatic heterocycles. The number of hydrogen-bond acceptors (Lipinski definition) is 2. The van der Waals surface area contributed by atoms with E-state index in [1.807, 2.05) is 0 Å². The minimum atomic E-state index is -7.64. The van der Waals surface area contributed by atoms with Crippen molar-refractivity contribution >= 4 is 12.1 Å². The first-order chi connectivity index (χ1) is 8.98. The van der Waals surface area contributed by atoms with E-state index in [2.05, 4.69) is 0 Å². The summed E-state index contributed by atoms with van der Waals surface area (Å²) < 4.78 is 136. The van der Waals surface area contributed by atoms with Crippen LogP contribution in [0.5, 0.6) is 0 Å². The van der Waals surface area contributed by atoms with Gasteiger partial charge in [-0.3, -0.25) is 4.79 Å². The van der Waals surface area contributed by atoms with Crippen molar-refractivity contribution in [2.45, 2.75) is 36.3 Å². The third-order valence-electron chi connectivity index (χ3n) is 2.16. The summed E-state index contributed by atoms with van der Waals surface area (Å²) in [6, 6.07) is 0. The Morgan fingerprint density at radius 2 is 1.10 bits per heavy atom. The van der Waals surface area contributed by atoms with E-state index in [-0.39, 0.29) is 0 Å². The maximum Gasteiger partial charge on any atom is 0.460 e. The number of carbonyl (C=O) groups excluding carboxylic acids is 2. The standard InChI is InChI=1S/C8H3F11O2/c9-4(10,3(21)1-2-20)5(11,12)6(13,14)7(15,16)8(17,18)19/h2H,1H2. The smallest absolute Gasteiger partial charge is 0.303 e. The average molecular weight is 340 g/mol. The Labute approximate surface area is 107 Å². The van der Waals surface area contributed by atoms with E-state index >= 15 is 0 Å². The Hall–Kier alpha value is -1.43. The molecule has 0 unspecified atom stereocenters. The minimum absolute atomic E-state index is 0.744. The number of ketones is 1. The van der Waals surface area contributed by atoms with Crippen LogP contribution in [0.2, 0.25) is 0 Å². The largest absolute Gasteiger partial charge is 0.460 e. The fourth-order valence-corrected chi connectivity index (χ4v) is 0.951. The van der Waals surface area contributed by atoms with Gasteiger partial charge < -0.3 is 4.79 Å². The molecule has 0 saturated heterocycles. The number of rotatable bonds is 6. The molecule has 0 aromatic carbocycles. The molecule has 2 nitrogen and oxygen atoms in total. The maximum absolute atomic E-state index is 12.8. The number of aldehydes is 1. The van der Waals surface area contributed by atoms with Gasteiger partial charge in [-0.25, -0.2) is 0 Å². The SMILES string of the molecule is O=CCC(=O)C(F)(F)C(F)(F)C(F)(F)C(F)(F)C(F)(F)F. The molecular formula is C8H3F11O2. The third kappa shape index (κ3) is 2.69.